The zero-order valence-electron chi connectivity index (χ0n) is 17.8. The van der Waals surface area contributed by atoms with Crippen LogP contribution in [0.25, 0.3) is 0 Å². The highest BCUT2D eigenvalue weighted by molar-refractivity contribution is 5.80. The molecule has 3 rings (SSSR count). The third-order valence-corrected chi connectivity index (χ3v) is 5.91. The maximum Gasteiger partial charge on any atom is 0.409 e. The second kappa shape index (κ2) is 9.82. The fourth-order valence-corrected chi connectivity index (χ4v) is 4.17. The average Bonchev–Trinajstić information content (AvgIpc) is 3.13. The van der Waals surface area contributed by atoms with Crippen LogP contribution in [0.15, 0.2) is 24.3 Å². The number of methoxy groups -OCH3 is 1. The number of benzene rings is 1. The Morgan fingerprint density at radius 2 is 1.77 bits per heavy atom. The van der Waals surface area contributed by atoms with E-state index >= 15 is 0 Å². The summed E-state index contributed by atoms with van der Waals surface area (Å²) in [5.41, 5.74) is 0.710. The van der Waals surface area contributed by atoms with Crippen molar-refractivity contribution in [2.45, 2.75) is 44.6 Å². The molecule has 30 heavy (non-hydrogen) atoms. The third-order valence-electron chi connectivity index (χ3n) is 5.91. The van der Waals surface area contributed by atoms with Crippen molar-refractivity contribution in [3.05, 3.63) is 29.8 Å². The highest BCUT2D eigenvalue weighted by Crippen LogP contribution is 2.30. The summed E-state index contributed by atoms with van der Waals surface area (Å²) >= 11 is 0. The number of carbonyl (C=O) groups excluding carboxylic acids is 3. The highest BCUT2D eigenvalue weighted by Gasteiger charge is 2.38. The van der Waals surface area contributed by atoms with Crippen LogP contribution >= 0.6 is 0 Å². The smallest absolute Gasteiger partial charge is 0.409 e. The average molecular weight is 418 g/mol. The van der Waals surface area contributed by atoms with Gasteiger partial charge < -0.3 is 24.6 Å². The van der Waals surface area contributed by atoms with Gasteiger partial charge in [-0.2, -0.15) is 0 Å². The highest BCUT2D eigenvalue weighted by atomic mass is 16.6. The summed E-state index contributed by atoms with van der Waals surface area (Å²) in [7, 11) is 1.63. The Balaban J connectivity index is 1.55. The first-order valence-corrected chi connectivity index (χ1v) is 10.6. The van der Waals surface area contributed by atoms with Crippen molar-refractivity contribution < 1.29 is 23.9 Å². The first-order chi connectivity index (χ1) is 14.4. The van der Waals surface area contributed by atoms with Crippen LogP contribution in [0.5, 0.6) is 5.75 Å². The van der Waals surface area contributed by atoms with Crippen molar-refractivity contribution >= 4 is 17.9 Å². The Kier molecular flexibility index (Phi) is 7.18. The molecule has 2 saturated heterocycles. The number of hydrogen-bond acceptors (Lipinski definition) is 5. The number of ether oxygens (including phenoxy) is 2. The SMILES string of the molecule is CCOC(=O)N1CCN(C(=O)CC[C@@]2(Cc3ccc(OC)cc3)CCC(=O)N2)CC1. The van der Waals surface area contributed by atoms with Crippen LogP contribution < -0.4 is 10.1 Å². The van der Waals surface area contributed by atoms with E-state index in [1.807, 2.05) is 24.3 Å². The number of hydrogen-bond donors (Lipinski definition) is 1. The lowest BCUT2D eigenvalue weighted by molar-refractivity contribution is -0.133. The zero-order valence-corrected chi connectivity index (χ0v) is 17.8. The van der Waals surface area contributed by atoms with Gasteiger partial charge in [-0.25, -0.2) is 4.79 Å². The van der Waals surface area contributed by atoms with E-state index in [0.717, 1.165) is 17.7 Å². The molecular formula is C22H31N3O5. The van der Waals surface area contributed by atoms with Gasteiger partial charge in [-0.15, -0.1) is 0 Å². The number of carbonyl (C=O) groups is 3. The van der Waals surface area contributed by atoms with E-state index in [0.29, 0.717) is 58.5 Å². The normalized spacial score (nSPS) is 21.3. The molecule has 0 unspecified atom stereocenters. The number of nitrogens with zero attached hydrogens (tertiary/aromatic N) is 2. The number of rotatable bonds is 7. The van der Waals surface area contributed by atoms with Gasteiger partial charge >= 0.3 is 6.09 Å². The van der Waals surface area contributed by atoms with Gasteiger partial charge in [-0.3, -0.25) is 9.59 Å². The molecule has 1 aromatic rings. The van der Waals surface area contributed by atoms with Gasteiger partial charge in [0.1, 0.15) is 5.75 Å². The predicted molar refractivity (Wildman–Crippen MR) is 111 cm³/mol. The number of amides is 3. The summed E-state index contributed by atoms with van der Waals surface area (Å²) in [5, 5.41) is 3.13. The lowest BCUT2D eigenvalue weighted by Crippen LogP contribution is -2.51. The van der Waals surface area contributed by atoms with Crippen molar-refractivity contribution in [3.63, 3.8) is 0 Å². The van der Waals surface area contributed by atoms with Gasteiger partial charge in [0.05, 0.1) is 13.7 Å². The molecule has 1 atom stereocenters. The summed E-state index contributed by atoms with van der Waals surface area (Å²) in [5.74, 6) is 0.896. The number of nitrogens with one attached hydrogen (secondary N) is 1. The van der Waals surface area contributed by atoms with E-state index in [1.54, 1.807) is 23.8 Å². The monoisotopic (exact) mass is 417 g/mol. The molecule has 0 aromatic heterocycles. The minimum absolute atomic E-state index is 0.0408. The molecule has 2 fully saturated rings. The summed E-state index contributed by atoms with van der Waals surface area (Å²) < 4.78 is 10.2. The standard InChI is InChI=1S/C22H31N3O5/c1-3-30-21(28)25-14-12-24(13-15-25)20(27)9-11-22(10-8-19(26)23-22)16-17-4-6-18(29-2)7-5-17/h4-7H,3,8-16H2,1-2H3,(H,23,26)/t22-/m1/s1. The van der Waals surface area contributed by atoms with Crippen LogP contribution in [0.2, 0.25) is 0 Å². The van der Waals surface area contributed by atoms with Crippen LogP contribution in [-0.2, 0) is 20.7 Å². The molecule has 0 spiro atoms. The molecule has 164 valence electrons. The molecule has 0 saturated carbocycles. The second-order valence-corrected chi connectivity index (χ2v) is 7.92. The number of piperazine rings is 1. The van der Waals surface area contributed by atoms with Crippen LogP contribution in [0.4, 0.5) is 4.79 Å². The summed E-state index contributed by atoms with van der Waals surface area (Å²) in [4.78, 5) is 40.0. The lowest BCUT2D eigenvalue weighted by atomic mass is 9.85. The van der Waals surface area contributed by atoms with Gasteiger partial charge in [0.2, 0.25) is 11.8 Å². The van der Waals surface area contributed by atoms with Gasteiger partial charge in [-0.1, -0.05) is 12.1 Å². The molecule has 0 aliphatic carbocycles. The van der Waals surface area contributed by atoms with Crippen molar-refractivity contribution in [2.75, 3.05) is 39.9 Å². The summed E-state index contributed by atoms with van der Waals surface area (Å²) in [6.07, 6.45) is 2.55. The van der Waals surface area contributed by atoms with Crippen LogP contribution in [0, 0.1) is 0 Å². The van der Waals surface area contributed by atoms with Crippen LogP contribution in [-0.4, -0.2) is 73.1 Å². The Bertz CT molecular complexity index is 759. The van der Waals surface area contributed by atoms with E-state index in [-0.39, 0.29) is 17.9 Å². The minimum Gasteiger partial charge on any atom is -0.497 e. The molecule has 0 radical (unpaired) electrons. The molecule has 0 bridgehead atoms. The van der Waals surface area contributed by atoms with Gasteiger partial charge in [-0.05, 0) is 43.9 Å². The summed E-state index contributed by atoms with van der Waals surface area (Å²) in [6.45, 7) is 4.11. The molecule has 3 amide bonds. The maximum atomic E-state index is 12.8. The summed E-state index contributed by atoms with van der Waals surface area (Å²) in [6, 6.07) is 7.82. The van der Waals surface area contributed by atoms with Crippen molar-refractivity contribution in [3.8, 4) is 5.75 Å². The zero-order chi connectivity index (χ0) is 21.6. The van der Waals surface area contributed by atoms with Crippen molar-refractivity contribution in [1.82, 2.24) is 15.1 Å². The maximum absolute atomic E-state index is 12.8. The quantitative estimate of drug-likeness (QED) is 0.733. The molecule has 2 heterocycles. The molecule has 8 heteroatoms. The molecule has 2 aliphatic rings. The minimum atomic E-state index is -0.395. The molecule has 8 nitrogen and oxygen atoms in total. The van der Waals surface area contributed by atoms with Crippen molar-refractivity contribution in [1.29, 1.82) is 0 Å². The van der Waals surface area contributed by atoms with E-state index < -0.39 is 5.54 Å². The Morgan fingerprint density at radius 1 is 1.10 bits per heavy atom. The van der Waals surface area contributed by atoms with E-state index in [4.69, 9.17) is 9.47 Å². The molecule has 1 aromatic carbocycles. The first kappa shape index (κ1) is 21.9. The topological polar surface area (TPSA) is 88.2 Å². The third kappa shape index (κ3) is 5.43. The van der Waals surface area contributed by atoms with Crippen LogP contribution in [0.3, 0.4) is 0 Å². The Morgan fingerprint density at radius 3 is 2.33 bits per heavy atom. The van der Waals surface area contributed by atoms with E-state index in [2.05, 4.69) is 5.32 Å². The largest absolute Gasteiger partial charge is 0.497 e. The predicted octanol–water partition coefficient (Wildman–Crippen LogP) is 1.97. The lowest BCUT2D eigenvalue weighted by Gasteiger charge is -2.35. The van der Waals surface area contributed by atoms with Gasteiger partial charge in [0.15, 0.2) is 0 Å². The molecule has 2 aliphatic heterocycles. The molecule has 1 N–H and O–H groups in total. The van der Waals surface area contributed by atoms with E-state index in [1.165, 1.54) is 0 Å². The Hall–Kier alpha value is -2.77. The van der Waals surface area contributed by atoms with Gasteiger partial charge in [0.25, 0.3) is 0 Å². The second-order valence-electron chi connectivity index (χ2n) is 7.92. The van der Waals surface area contributed by atoms with E-state index in [9.17, 15) is 14.4 Å². The fraction of sp³-hybridized carbons (Fsp3) is 0.591. The van der Waals surface area contributed by atoms with Gasteiger partial charge in [0, 0.05) is 44.6 Å². The fourth-order valence-electron chi connectivity index (χ4n) is 4.17. The Labute approximate surface area is 177 Å². The molecular weight excluding hydrogens is 386 g/mol. The first-order valence-electron chi connectivity index (χ1n) is 10.6. The van der Waals surface area contributed by atoms with Crippen molar-refractivity contribution in [2.24, 2.45) is 0 Å². The van der Waals surface area contributed by atoms with Crippen LogP contribution in [0.1, 0.15) is 38.2 Å².